The van der Waals surface area contributed by atoms with Gasteiger partial charge in [0, 0.05) is 29.9 Å². The highest BCUT2D eigenvalue weighted by atomic mass is 16.5. The topological polar surface area (TPSA) is 105 Å². The molecule has 7 heteroatoms. The zero-order valence-corrected chi connectivity index (χ0v) is 13.2. The van der Waals surface area contributed by atoms with E-state index in [1.807, 2.05) is 24.3 Å². The summed E-state index contributed by atoms with van der Waals surface area (Å²) in [5.74, 6) is -1.33. The molecule has 1 aliphatic heterocycles. The van der Waals surface area contributed by atoms with E-state index < -0.39 is 5.97 Å². The standard InChI is InChI=1S/C17H19N3O4/c18-16(22)11-5-7-20(8-6-11)15(21)10-24-17(23)14-9-12-3-1-2-4-13(12)19-14/h1-4,9,11,19H,5-8,10H2,(H2,18,22). The van der Waals surface area contributed by atoms with Crippen LogP contribution in [0.25, 0.3) is 10.9 Å². The minimum absolute atomic E-state index is 0.178. The number of aromatic nitrogens is 1. The summed E-state index contributed by atoms with van der Waals surface area (Å²) >= 11 is 0. The molecule has 126 valence electrons. The second-order valence-electron chi connectivity index (χ2n) is 5.90. The van der Waals surface area contributed by atoms with Crippen molar-refractivity contribution in [2.24, 2.45) is 11.7 Å². The van der Waals surface area contributed by atoms with Gasteiger partial charge in [-0.05, 0) is 25.0 Å². The van der Waals surface area contributed by atoms with Crippen molar-refractivity contribution in [3.05, 3.63) is 36.0 Å². The van der Waals surface area contributed by atoms with Crippen molar-refractivity contribution < 1.29 is 19.1 Å². The molecule has 2 amide bonds. The Bertz CT molecular complexity index is 742. The molecule has 0 radical (unpaired) electrons. The van der Waals surface area contributed by atoms with Crippen LogP contribution in [0, 0.1) is 5.92 Å². The summed E-state index contributed by atoms with van der Waals surface area (Å²) in [7, 11) is 0. The van der Waals surface area contributed by atoms with Crippen LogP contribution < -0.4 is 5.73 Å². The van der Waals surface area contributed by atoms with Gasteiger partial charge < -0.3 is 20.4 Å². The van der Waals surface area contributed by atoms with Gasteiger partial charge in [-0.1, -0.05) is 18.2 Å². The number of hydrogen-bond acceptors (Lipinski definition) is 4. The van der Waals surface area contributed by atoms with Crippen molar-refractivity contribution in [1.82, 2.24) is 9.88 Å². The Morgan fingerprint density at radius 2 is 1.92 bits per heavy atom. The van der Waals surface area contributed by atoms with Crippen molar-refractivity contribution in [3.63, 3.8) is 0 Å². The number of primary amides is 1. The van der Waals surface area contributed by atoms with Gasteiger partial charge in [-0.3, -0.25) is 9.59 Å². The zero-order chi connectivity index (χ0) is 17.1. The maximum atomic E-state index is 12.1. The first kappa shape index (κ1) is 16.0. The van der Waals surface area contributed by atoms with Crippen LogP contribution in [0.3, 0.4) is 0 Å². The maximum Gasteiger partial charge on any atom is 0.355 e. The Labute approximate surface area is 138 Å². The molecule has 3 N–H and O–H groups in total. The normalized spacial score (nSPS) is 15.4. The Kier molecular flexibility index (Phi) is 4.50. The lowest BCUT2D eigenvalue weighted by atomic mass is 9.96. The van der Waals surface area contributed by atoms with Gasteiger partial charge in [0.15, 0.2) is 6.61 Å². The van der Waals surface area contributed by atoms with Crippen LogP contribution in [-0.4, -0.2) is 47.4 Å². The Balaban J connectivity index is 1.52. The van der Waals surface area contributed by atoms with Crippen LogP contribution >= 0.6 is 0 Å². The number of esters is 1. The van der Waals surface area contributed by atoms with Gasteiger partial charge in [-0.15, -0.1) is 0 Å². The van der Waals surface area contributed by atoms with Gasteiger partial charge >= 0.3 is 5.97 Å². The van der Waals surface area contributed by atoms with Gasteiger partial charge in [0.2, 0.25) is 5.91 Å². The number of nitrogens with zero attached hydrogens (tertiary/aromatic N) is 1. The second-order valence-corrected chi connectivity index (χ2v) is 5.90. The number of ether oxygens (including phenoxy) is 1. The number of aromatic amines is 1. The highest BCUT2D eigenvalue weighted by Gasteiger charge is 2.26. The van der Waals surface area contributed by atoms with Crippen LogP contribution in [0.15, 0.2) is 30.3 Å². The molecule has 0 spiro atoms. The average Bonchev–Trinajstić information content (AvgIpc) is 3.03. The van der Waals surface area contributed by atoms with Gasteiger partial charge in [0.1, 0.15) is 5.69 Å². The summed E-state index contributed by atoms with van der Waals surface area (Å²) in [6, 6.07) is 9.19. The molecule has 0 bridgehead atoms. The quantitative estimate of drug-likeness (QED) is 0.818. The number of likely N-dealkylation sites (tertiary alicyclic amines) is 1. The Hall–Kier alpha value is -2.83. The number of amides is 2. The highest BCUT2D eigenvalue weighted by Crippen LogP contribution is 2.17. The van der Waals surface area contributed by atoms with Crippen LogP contribution in [0.1, 0.15) is 23.3 Å². The molecular weight excluding hydrogens is 310 g/mol. The first-order valence-corrected chi connectivity index (χ1v) is 7.86. The monoisotopic (exact) mass is 329 g/mol. The van der Waals surface area contributed by atoms with E-state index in [2.05, 4.69) is 4.98 Å². The molecule has 24 heavy (non-hydrogen) atoms. The molecular formula is C17H19N3O4. The Morgan fingerprint density at radius 1 is 1.21 bits per heavy atom. The number of rotatable bonds is 4. The fourth-order valence-electron chi connectivity index (χ4n) is 2.89. The van der Waals surface area contributed by atoms with E-state index in [9.17, 15) is 14.4 Å². The zero-order valence-electron chi connectivity index (χ0n) is 13.2. The Morgan fingerprint density at radius 3 is 2.58 bits per heavy atom. The number of para-hydroxylation sites is 1. The first-order valence-electron chi connectivity index (χ1n) is 7.86. The van der Waals surface area contributed by atoms with E-state index in [1.54, 1.807) is 11.0 Å². The van der Waals surface area contributed by atoms with Crippen LogP contribution in [0.2, 0.25) is 0 Å². The lowest BCUT2D eigenvalue weighted by Gasteiger charge is -2.30. The predicted molar refractivity (Wildman–Crippen MR) is 87.1 cm³/mol. The molecule has 0 saturated carbocycles. The van der Waals surface area contributed by atoms with E-state index >= 15 is 0 Å². The van der Waals surface area contributed by atoms with Crippen molar-refractivity contribution >= 4 is 28.7 Å². The number of carbonyl (C=O) groups is 3. The van der Waals surface area contributed by atoms with Gasteiger partial charge in [-0.25, -0.2) is 4.79 Å². The molecule has 1 aliphatic rings. The van der Waals surface area contributed by atoms with E-state index in [-0.39, 0.29) is 24.3 Å². The third-order valence-corrected chi connectivity index (χ3v) is 4.33. The molecule has 2 heterocycles. The van der Waals surface area contributed by atoms with E-state index in [0.29, 0.717) is 31.6 Å². The first-order chi connectivity index (χ1) is 11.5. The van der Waals surface area contributed by atoms with Gasteiger partial charge in [0.05, 0.1) is 0 Å². The third kappa shape index (κ3) is 3.40. The van der Waals surface area contributed by atoms with Gasteiger partial charge in [0.25, 0.3) is 5.91 Å². The average molecular weight is 329 g/mol. The minimum atomic E-state index is -0.563. The predicted octanol–water partition coefficient (Wildman–Crippen LogP) is 1.05. The van der Waals surface area contributed by atoms with Crippen LogP contribution in [0.5, 0.6) is 0 Å². The van der Waals surface area contributed by atoms with E-state index in [1.165, 1.54) is 0 Å². The SMILES string of the molecule is NC(=O)C1CCN(C(=O)COC(=O)c2cc3ccccc3[nH]2)CC1. The second kappa shape index (κ2) is 6.74. The smallest absolute Gasteiger partial charge is 0.355 e. The molecule has 0 aliphatic carbocycles. The van der Waals surface area contributed by atoms with Crippen molar-refractivity contribution in [3.8, 4) is 0 Å². The molecule has 3 rings (SSSR count). The minimum Gasteiger partial charge on any atom is -0.451 e. The number of nitrogens with two attached hydrogens (primary N) is 1. The van der Waals surface area contributed by atoms with Crippen molar-refractivity contribution in [1.29, 1.82) is 0 Å². The summed E-state index contributed by atoms with van der Waals surface area (Å²) in [5.41, 5.74) is 6.42. The lowest BCUT2D eigenvalue weighted by Crippen LogP contribution is -2.43. The summed E-state index contributed by atoms with van der Waals surface area (Å²) < 4.78 is 5.09. The number of hydrogen-bond donors (Lipinski definition) is 2. The van der Waals surface area contributed by atoms with Crippen LogP contribution in [0.4, 0.5) is 0 Å². The molecule has 7 nitrogen and oxygen atoms in total. The maximum absolute atomic E-state index is 12.1. The lowest BCUT2D eigenvalue weighted by molar-refractivity contribution is -0.137. The molecule has 0 unspecified atom stereocenters. The number of nitrogens with one attached hydrogen (secondary N) is 1. The third-order valence-electron chi connectivity index (χ3n) is 4.33. The summed E-state index contributed by atoms with van der Waals surface area (Å²) in [5, 5.41) is 0.907. The largest absolute Gasteiger partial charge is 0.451 e. The fourth-order valence-corrected chi connectivity index (χ4v) is 2.89. The number of carbonyl (C=O) groups excluding carboxylic acids is 3. The molecule has 2 aromatic rings. The molecule has 1 aromatic heterocycles. The number of H-pyrrole nitrogens is 1. The van der Waals surface area contributed by atoms with Crippen molar-refractivity contribution in [2.75, 3.05) is 19.7 Å². The molecule has 0 atom stereocenters. The molecule has 1 saturated heterocycles. The van der Waals surface area contributed by atoms with Crippen molar-refractivity contribution in [2.45, 2.75) is 12.8 Å². The van der Waals surface area contributed by atoms with E-state index in [0.717, 1.165) is 10.9 Å². The summed E-state index contributed by atoms with van der Waals surface area (Å²) in [6.45, 7) is 0.599. The number of piperidine rings is 1. The van der Waals surface area contributed by atoms with E-state index in [4.69, 9.17) is 10.5 Å². The summed E-state index contributed by atoms with van der Waals surface area (Å²) in [4.78, 5) is 39.8. The van der Waals surface area contributed by atoms with Gasteiger partial charge in [-0.2, -0.15) is 0 Å². The van der Waals surface area contributed by atoms with Crippen LogP contribution in [-0.2, 0) is 14.3 Å². The molecule has 1 aromatic carbocycles. The highest BCUT2D eigenvalue weighted by molar-refractivity contribution is 5.95. The number of benzene rings is 1. The number of fused-ring (bicyclic) bond motifs is 1. The fraction of sp³-hybridized carbons (Fsp3) is 0.353. The molecule has 1 fully saturated rings. The summed E-state index contributed by atoms with van der Waals surface area (Å²) in [6.07, 6.45) is 1.11.